The lowest BCUT2D eigenvalue weighted by Gasteiger charge is -2.18. The fourth-order valence-corrected chi connectivity index (χ4v) is 3.83. The molecule has 4 rings (SSSR count). The Morgan fingerprint density at radius 2 is 1.89 bits per heavy atom. The van der Waals surface area contributed by atoms with Crippen LogP contribution in [-0.2, 0) is 29.0 Å². The van der Waals surface area contributed by atoms with E-state index < -0.39 is 0 Å². The summed E-state index contributed by atoms with van der Waals surface area (Å²) < 4.78 is 7.03. The number of ether oxygens (including phenoxy) is 1. The molecule has 1 aliphatic heterocycles. The average Bonchev–Trinajstić information content (AvgIpc) is 3.27. The van der Waals surface area contributed by atoms with E-state index in [1.807, 2.05) is 41.1 Å². The fraction of sp³-hybridized carbons (Fsp3) is 0.273. The smallest absolute Gasteiger partial charge is 0.249 e. The molecule has 5 nitrogen and oxygen atoms in total. The van der Waals surface area contributed by atoms with Crippen LogP contribution in [0.25, 0.3) is 16.9 Å². The van der Waals surface area contributed by atoms with E-state index in [0.717, 1.165) is 34.6 Å². The third kappa shape index (κ3) is 3.32. The number of halogens is 1. The predicted octanol–water partition coefficient (Wildman–Crippen LogP) is 4.24. The maximum absolute atomic E-state index is 12.3. The molecule has 1 aromatic heterocycles. The molecule has 0 saturated carbocycles. The van der Waals surface area contributed by atoms with Crippen LogP contribution in [0.4, 0.5) is 0 Å². The van der Waals surface area contributed by atoms with Crippen LogP contribution in [0.2, 0.25) is 5.02 Å². The summed E-state index contributed by atoms with van der Waals surface area (Å²) in [5.41, 5.74) is 6.36. The number of methoxy groups -OCH3 is 1. The summed E-state index contributed by atoms with van der Waals surface area (Å²) in [6.45, 7) is 3.26. The largest absolute Gasteiger partial charge is 0.375 e. The number of amides is 1. The molecule has 0 aliphatic carbocycles. The van der Waals surface area contributed by atoms with Crippen molar-refractivity contribution in [3.05, 3.63) is 70.4 Å². The molecule has 0 spiro atoms. The van der Waals surface area contributed by atoms with Gasteiger partial charge < -0.3 is 9.64 Å². The Kier molecular flexibility index (Phi) is 5.20. The summed E-state index contributed by atoms with van der Waals surface area (Å²) in [5, 5.41) is 5.60. The van der Waals surface area contributed by atoms with E-state index in [-0.39, 0.29) is 12.5 Å². The van der Waals surface area contributed by atoms with Gasteiger partial charge in [-0.1, -0.05) is 48.9 Å². The van der Waals surface area contributed by atoms with Crippen molar-refractivity contribution in [3.8, 4) is 16.9 Å². The zero-order valence-corrected chi connectivity index (χ0v) is 16.7. The first kappa shape index (κ1) is 18.7. The Bertz CT molecular complexity index is 1010. The molecular weight excluding hydrogens is 374 g/mol. The lowest BCUT2D eigenvalue weighted by molar-refractivity contribution is -0.135. The topological polar surface area (TPSA) is 47.4 Å². The van der Waals surface area contributed by atoms with Crippen LogP contribution in [0, 0.1) is 0 Å². The van der Waals surface area contributed by atoms with Gasteiger partial charge in [-0.25, -0.2) is 4.68 Å². The van der Waals surface area contributed by atoms with Gasteiger partial charge in [-0.2, -0.15) is 5.10 Å². The summed E-state index contributed by atoms with van der Waals surface area (Å²) in [7, 11) is 1.54. The summed E-state index contributed by atoms with van der Waals surface area (Å²) in [4.78, 5) is 14.1. The van der Waals surface area contributed by atoms with E-state index in [1.165, 1.54) is 12.7 Å². The summed E-state index contributed by atoms with van der Waals surface area (Å²) >= 11 is 6.11. The normalized spacial score (nSPS) is 13.0. The molecule has 1 amide bonds. The minimum Gasteiger partial charge on any atom is -0.375 e. The van der Waals surface area contributed by atoms with Gasteiger partial charge >= 0.3 is 0 Å². The number of fused-ring (bicyclic) bond motifs is 1. The fourth-order valence-electron chi connectivity index (χ4n) is 3.70. The third-order valence-electron chi connectivity index (χ3n) is 5.10. The Morgan fingerprint density at radius 3 is 2.61 bits per heavy atom. The van der Waals surface area contributed by atoms with Gasteiger partial charge in [0.15, 0.2) is 0 Å². The van der Waals surface area contributed by atoms with Gasteiger partial charge in [-0.15, -0.1) is 0 Å². The van der Waals surface area contributed by atoms with Crippen LogP contribution < -0.4 is 0 Å². The van der Waals surface area contributed by atoms with E-state index in [0.29, 0.717) is 18.1 Å². The molecule has 0 unspecified atom stereocenters. The minimum absolute atomic E-state index is 0.0249. The molecule has 0 atom stereocenters. The standard InChI is InChI=1S/C22H22ClN3O2/c1-3-15-6-4-5-7-20(15)26-22(16-8-10-17(23)11-9-16)18-12-25(13-19(18)24-26)21(27)14-28-2/h4-11H,3,12-14H2,1-2H3. The number of aromatic nitrogens is 2. The second kappa shape index (κ2) is 7.78. The van der Waals surface area contributed by atoms with Gasteiger partial charge in [-0.05, 0) is 30.2 Å². The molecule has 1 aliphatic rings. The molecule has 2 heterocycles. The zero-order chi connectivity index (χ0) is 19.7. The number of hydrogen-bond acceptors (Lipinski definition) is 3. The lowest BCUT2D eigenvalue weighted by Crippen LogP contribution is -2.29. The van der Waals surface area contributed by atoms with Crippen LogP contribution in [0.1, 0.15) is 23.7 Å². The van der Waals surface area contributed by atoms with Gasteiger partial charge in [-0.3, -0.25) is 4.79 Å². The molecule has 6 heteroatoms. The average molecular weight is 396 g/mol. The molecule has 0 N–H and O–H groups in total. The van der Waals surface area contributed by atoms with Crippen LogP contribution in [0.5, 0.6) is 0 Å². The van der Waals surface area contributed by atoms with Crippen molar-refractivity contribution in [2.24, 2.45) is 0 Å². The Labute approximate surface area is 169 Å². The molecule has 0 bridgehead atoms. The van der Waals surface area contributed by atoms with Crippen molar-refractivity contribution in [1.82, 2.24) is 14.7 Å². The highest BCUT2D eigenvalue weighted by molar-refractivity contribution is 6.30. The van der Waals surface area contributed by atoms with E-state index in [2.05, 4.69) is 19.1 Å². The van der Waals surface area contributed by atoms with Gasteiger partial charge in [0.2, 0.25) is 5.91 Å². The summed E-state index contributed by atoms with van der Waals surface area (Å²) in [6, 6.07) is 16.1. The van der Waals surface area contributed by atoms with Crippen molar-refractivity contribution in [1.29, 1.82) is 0 Å². The van der Waals surface area contributed by atoms with Crippen molar-refractivity contribution in [2.45, 2.75) is 26.4 Å². The van der Waals surface area contributed by atoms with Crippen LogP contribution >= 0.6 is 11.6 Å². The Morgan fingerprint density at radius 1 is 1.14 bits per heavy atom. The van der Waals surface area contributed by atoms with Crippen LogP contribution in [0.15, 0.2) is 48.5 Å². The lowest BCUT2D eigenvalue weighted by atomic mass is 10.1. The second-order valence-electron chi connectivity index (χ2n) is 6.86. The zero-order valence-electron chi connectivity index (χ0n) is 16.0. The van der Waals surface area contributed by atoms with E-state index in [1.54, 1.807) is 4.90 Å². The predicted molar refractivity (Wildman–Crippen MR) is 110 cm³/mol. The van der Waals surface area contributed by atoms with Gasteiger partial charge in [0.25, 0.3) is 0 Å². The van der Waals surface area contributed by atoms with E-state index in [4.69, 9.17) is 21.4 Å². The highest BCUT2D eigenvalue weighted by Gasteiger charge is 2.31. The number of hydrogen-bond donors (Lipinski definition) is 0. The van der Waals surface area contributed by atoms with E-state index in [9.17, 15) is 4.79 Å². The van der Waals surface area contributed by atoms with Crippen LogP contribution in [0.3, 0.4) is 0 Å². The first-order chi connectivity index (χ1) is 13.6. The third-order valence-corrected chi connectivity index (χ3v) is 5.35. The SMILES string of the molecule is CCc1ccccc1-n1nc2c(c1-c1ccc(Cl)cc1)CN(C(=O)COC)C2. The highest BCUT2D eigenvalue weighted by Crippen LogP contribution is 2.35. The maximum atomic E-state index is 12.3. The number of rotatable bonds is 5. The first-order valence-corrected chi connectivity index (χ1v) is 9.71. The first-order valence-electron chi connectivity index (χ1n) is 9.34. The molecular formula is C22H22ClN3O2. The second-order valence-corrected chi connectivity index (χ2v) is 7.29. The quantitative estimate of drug-likeness (QED) is 0.649. The number of nitrogens with zero attached hydrogens (tertiary/aromatic N) is 3. The number of carbonyl (C=O) groups is 1. The Hall–Kier alpha value is -2.63. The van der Waals surface area contributed by atoms with Crippen molar-refractivity contribution in [2.75, 3.05) is 13.7 Å². The minimum atomic E-state index is -0.0249. The highest BCUT2D eigenvalue weighted by atomic mass is 35.5. The monoisotopic (exact) mass is 395 g/mol. The molecule has 0 fully saturated rings. The van der Waals surface area contributed by atoms with Gasteiger partial charge in [0.05, 0.1) is 30.2 Å². The van der Waals surface area contributed by atoms with Gasteiger partial charge in [0.1, 0.15) is 6.61 Å². The maximum Gasteiger partial charge on any atom is 0.249 e. The van der Waals surface area contributed by atoms with Crippen molar-refractivity contribution >= 4 is 17.5 Å². The van der Waals surface area contributed by atoms with Crippen molar-refractivity contribution < 1.29 is 9.53 Å². The number of para-hydroxylation sites is 1. The molecule has 3 aromatic rings. The van der Waals surface area contributed by atoms with Crippen molar-refractivity contribution in [3.63, 3.8) is 0 Å². The molecule has 2 aromatic carbocycles. The van der Waals surface area contributed by atoms with Crippen LogP contribution in [-0.4, -0.2) is 34.3 Å². The molecule has 144 valence electrons. The molecule has 0 saturated heterocycles. The summed E-state index contributed by atoms with van der Waals surface area (Å²) in [5.74, 6) is -0.0249. The van der Waals surface area contributed by atoms with Gasteiger partial charge in [0, 0.05) is 23.3 Å². The van der Waals surface area contributed by atoms with E-state index >= 15 is 0 Å². The number of aryl methyl sites for hydroxylation is 1. The number of benzene rings is 2. The number of carbonyl (C=O) groups excluding carboxylic acids is 1. The molecule has 0 radical (unpaired) electrons. The Balaban J connectivity index is 1.84. The summed E-state index contributed by atoms with van der Waals surface area (Å²) in [6.07, 6.45) is 0.916. The molecule has 28 heavy (non-hydrogen) atoms.